The van der Waals surface area contributed by atoms with Crippen LogP contribution in [0.4, 0.5) is 0 Å². The number of rotatable bonds is 5. The fraction of sp³-hybridized carbons (Fsp3) is 0.933. The van der Waals surface area contributed by atoms with Crippen LogP contribution in [0, 0.1) is 5.41 Å². The van der Waals surface area contributed by atoms with Gasteiger partial charge in [-0.3, -0.25) is 4.79 Å². The zero-order chi connectivity index (χ0) is 13.4. The molecule has 1 fully saturated rings. The predicted molar refractivity (Wildman–Crippen MR) is 76.4 cm³/mol. The summed E-state index contributed by atoms with van der Waals surface area (Å²) in [5.41, 5.74) is 5.81. The van der Waals surface area contributed by atoms with Gasteiger partial charge in [-0.2, -0.15) is 0 Å². The van der Waals surface area contributed by atoms with Crippen LogP contribution in [0.2, 0.25) is 0 Å². The van der Waals surface area contributed by atoms with Gasteiger partial charge in [0.05, 0.1) is 0 Å². The second-order valence-corrected chi connectivity index (χ2v) is 6.35. The zero-order valence-electron chi connectivity index (χ0n) is 12.2. The van der Waals surface area contributed by atoms with Crippen molar-refractivity contribution in [2.75, 3.05) is 19.6 Å². The second-order valence-electron chi connectivity index (χ2n) is 6.35. The highest BCUT2D eigenvalue weighted by Crippen LogP contribution is 2.26. The van der Waals surface area contributed by atoms with E-state index in [0.29, 0.717) is 18.9 Å². The molecule has 0 bridgehead atoms. The van der Waals surface area contributed by atoms with Crippen LogP contribution in [0.1, 0.15) is 65.2 Å². The SMILES string of the molecule is CC(C)(CCN)CCC(=O)N1CCCCCCC1. The molecule has 0 aliphatic carbocycles. The summed E-state index contributed by atoms with van der Waals surface area (Å²) >= 11 is 0. The Balaban J connectivity index is 2.34. The van der Waals surface area contributed by atoms with Crippen molar-refractivity contribution in [1.29, 1.82) is 0 Å². The summed E-state index contributed by atoms with van der Waals surface area (Å²) in [5.74, 6) is 0.349. The lowest BCUT2D eigenvalue weighted by Gasteiger charge is -2.28. The third-order valence-electron chi connectivity index (χ3n) is 4.05. The number of carbonyl (C=O) groups is 1. The Morgan fingerprint density at radius 3 is 2.17 bits per heavy atom. The van der Waals surface area contributed by atoms with Crippen molar-refractivity contribution >= 4 is 5.91 Å². The van der Waals surface area contributed by atoms with Crippen molar-refractivity contribution in [3.05, 3.63) is 0 Å². The predicted octanol–water partition coefficient (Wildman–Crippen LogP) is 2.93. The number of hydrogen-bond donors (Lipinski definition) is 1. The van der Waals surface area contributed by atoms with E-state index in [1.807, 2.05) is 0 Å². The van der Waals surface area contributed by atoms with Crippen molar-refractivity contribution in [3.63, 3.8) is 0 Å². The van der Waals surface area contributed by atoms with Crippen LogP contribution >= 0.6 is 0 Å². The molecule has 0 atom stereocenters. The first-order valence-corrected chi connectivity index (χ1v) is 7.53. The van der Waals surface area contributed by atoms with Crippen LogP contribution < -0.4 is 5.73 Å². The van der Waals surface area contributed by atoms with Gasteiger partial charge in [-0.25, -0.2) is 0 Å². The number of carbonyl (C=O) groups excluding carboxylic acids is 1. The van der Waals surface area contributed by atoms with E-state index in [9.17, 15) is 4.79 Å². The monoisotopic (exact) mass is 254 g/mol. The molecule has 1 amide bonds. The number of likely N-dealkylation sites (tertiary alicyclic amines) is 1. The van der Waals surface area contributed by atoms with Crippen molar-refractivity contribution in [2.24, 2.45) is 11.1 Å². The summed E-state index contributed by atoms with van der Waals surface area (Å²) < 4.78 is 0. The average Bonchev–Trinajstić information content (AvgIpc) is 2.25. The molecule has 0 saturated carbocycles. The Morgan fingerprint density at radius 1 is 1.06 bits per heavy atom. The van der Waals surface area contributed by atoms with Crippen LogP contribution in [0.15, 0.2) is 0 Å². The number of hydrogen-bond acceptors (Lipinski definition) is 2. The van der Waals surface area contributed by atoms with Gasteiger partial charge in [-0.1, -0.05) is 33.1 Å². The molecule has 3 nitrogen and oxygen atoms in total. The minimum atomic E-state index is 0.202. The summed E-state index contributed by atoms with van der Waals surface area (Å²) in [5, 5.41) is 0. The maximum absolute atomic E-state index is 12.2. The number of amides is 1. The van der Waals surface area contributed by atoms with Gasteiger partial charge in [0.15, 0.2) is 0 Å². The van der Waals surface area contributed by atoms with Crippen molar-refractivity contribution in [2.45, 2.75) is 65.2 Å². The van der Waals surface area contributed by atoms with E-state index in [2.05, 4.69) is 18.7 Å². The Labute approximate surface area is 112 Å². The summed E-state index contributed by atoms with van der Waals surface area (Å²) in [6.45, 7) is 7.07. The van der Waals surface area contributed by atoms with Gasteiger partial charge in [0.2, 0.25) is 5.91 Å². The van der Waals surface area contributed by atoms with Crippen LogP contribution in [0.3, 0.4) is 0 Å². The molecule has 0 aromatic rings. The number of nitrogens with two attached hydrogens (primary N) is 1. The Bertz CT molecular complexity index is 243. The maximum atomic E-state index is 12.2. The Hall–Kier alpha value is -0.570. The first kappa shape index (κ1) is 15.5. The molecule has 1 rings (SSSR count). The summed E-state index contributed by atoms with van der Waals surface area (Å²) in [6.07, 6.45) is 8.90. The third-order valence-corrected chi connectivity index (χ3v) is 4.05. The molecule has 0 aromatic heterocycles. The minimum absolute atomic E-state index is 0.202. The smallest absolute Gasteiger partial charge is 0.222 e. The minimum Gasteiger partial charge on any atom is -0.343 e. The molecule has 3 heteroatoms. The van der Waals surface area contributed by atoms with Crippen LogP contribution in [-0.2, 0) is 4.79 Å². The van der Waals surface area contributed by atoms with Crippen LogP contribution in [0.25, 0.3) is 0 Å². The van der Waals surface area contributed by atoms with Gasteiger partial charge in [-0.05, 0) is 37.6 Å². The normalized spacial score (nSPS) is 18.3. The van der Waals surface area contributed by atoms with Crippen molar-refractivity contribution in [1.82, 2.24) is 4.90 Å². The molecular weight excluding hydrogens is 224 g/mol. The van der Waals surface area contributed by atoms with E-state index < -0.39 is 0 Å². The van der Waals surface area contributed by atoms with E-state index in [-0.39, 0.29) is 5.41 Å². The fourth-order valence-corrected chi connectivity index (χ4v) is 2.62. The number of nitrogens with zero attached hydrogens (tertiary/aromatic N) is 1. The largest absolute Gasteiger partial charge is 0.343 e. The van der Waals surface area contributed by atoms with Gasteiger partial charge in [0.1, 0.15) is 0 Å². The highest BCUT2D eigenvalue weighted by Gasteiger charge is 2.21. The molecule has 2 N–H and O–H groups in total. The lowest BCUT2D eigenvalue weighted by Crippen LogP contribution is -2.34. The average molecular weight is 254 g/mol. The molecule has 18 heavy (non-hydrogen) atoms. The second kappa shape index (κ2) is 7.78. The Morgan fingerprint density at radius 2 is 1.61 bits per heavy atom. The Kier molecular flexibility index (Phi) is 6.69. The molecule has 0 spiro atoms. The lowest BCUT2D eigenvalue weighted by molar-refractivity contribution is -0.132. The van der Waals surface area contributed by atoms with Crippen molar-refractivity contribution < 1.29 is 4.79 Å². The molecule has 1 heterocycles. The molecule has 0 aromatic carbocycles. The summed E-state index contributed by atoms with van der Waals surface area (Å²) in [7, 11) is 0. The molecule has 106 valence electrons. The van der Waals surface area contributed by atoms with Gasteiger partial charge < -0.3 is 10.6 Å². The molecular formula is C15H30N2O. The van der Waals surface area contributed by atoms with Gasteiger partial charge in [0.25, 0.3) is 0 Å². The van der Waals surface area contributed by atoms with E-state index >= 15 is 0 Å². The quantitative estimate of drug-likeness (QED) is 0.820. The summed E-state index contributed by atoms with van der Waals surface area (Å²) in [6, 6.07) is 0. The molecule has 0 unspecified atom stereocenters. The third kappa shape index (κ3) is 5.85. The van der Waals surface area contributed by atoms with Crippen molar-refractivity contribution in [3.8, 4) is 0 Å². The molecule has 0 radical (unpaired) electrons. The zero-order valence-corrected chi connectivity index (χ0v) is 12.2. The molecule has 1 aliphatic heterocycles. The van der Waals surface area contributed by atoms with Gasteiger partial charge in [-0.15, -0.1) is 0 Å². The van der Waals surface area contributed by atoms with E-state index in [1.165, 1.54) is 32.1 Å². The standard InChI is InChI=1S/C15H30N2O/c1-15(2,10-11-16)9-8-14(18)17-12-6-4-3-5-7-13-17/h3-13,16H2,1-2H3. The van der Waals surface area contributed by atoms with E-state index in [0.717, 1.165) is 25.9 Å². The fourth-order valence-electron chi connectivity index (χ4n) is 2.62. The van der Waals surface area contributed by atoms with E-state index in [1.54, 1.807) is 0 Å². The first-order valence-electron chi connectivity index (χ1n) is 7.53. The molecule has 1 saturated heterocycles. The molecule has 1 aliphatic rings. The van der Waals surface area contributed by atoms with Crippen LogP contribution in [0.5, 0.6) is 0 Å². The maximum Gasteiger partial charge on any atom is 0.222 e. The highest BCUT2D eigenvalue weighted by molar-refractivity contribution is 5.76. The van der Waals surface area contributed by atoms with Gasteiger partial charge in [0, 0.05) is 19.5 Å². The lowest BCUT2D eigenvalue weighted by atomic mass is 9.84. The van der Waals surface area contributed by atoms with Gasteiger partial charge >= 0.3 is 0 Å². The van der Waals surface area contributed by atoms with E-state index in [4.69, 9.17) is 5.73 Å². The van der Waals surface area contributed by atoms with Crippen LogP contribution in [-0.4, -0.2) is 30.4 Å². The topological polar surface area (TPSA) is 46.3 Å². The first-order chi connectivity index (χ1) is 8.55. The summed E-state index contributed by atoms with van der Waals surface area (Å²) in [4.78, 5) is 14.3. The highest BCUT2D eigenvalue weighted by atomic mass is 16.2.